The van der Waals surface area contributed by atoms with E-state index in [4.69, 9.17) is 4.74 Å². The number of carbonyl (C=O) groups excluding carboxylic acids is 3. The third-order valence-electron chi connectivity index (χ3n) is 5.44. The number of hydrogen-bond acceptors (Lipinski definition) is 7. The Bertz CT molecular complexity index is 1330. The van der Waals surface area contributed by atoms with E-state index in [1.165, 1.54) is 30.3 Å². The fraction of sp³-hybridized carbons (Fsp3) is 0.200. The topological polar surface area (TPSA) is 109 Å². The molecule has 1 aliphatic heterocycles. The number of aryl methyl sites for hydroxylation is 2. The normalized spacial score (nSPS) is 15.6. The molecule has 0 bridgehead atoms. The van der Waals surface area contributed by atoms with E-state index >= 15 is 0 Å². The lowest BCUT2D eigenvalue weighted by Gasteiger charge is -2.27. The molecular weight excluding hydrogens is 454 g/mol. The number of hydrogen-bond donors (Lipinski definition) is 2. The standard InChI is InChI=1S/C25H23N3O5S/c1-13-24(34-15(3)26-13)22(30)20-21(16-6-5-7-19(12-16)33-4)28(25(32)23(20)31)18-10-8-17(9-11-18)27-14(2)29/h5-12,21,31H,1-4H3,(H,27,29). The summed E-state index contributed by atoms with van der Waals surface area (Å²) in [4.78, 5) is 44.4. The molecule has 1 aromatic heterocycles. The fourth-order valence-electron chi connectivity index (χ4n) is 4.00. The number of anilines is 2. The van der Waals surface area contributed by atoms with Gasteiger partial charge in [-0.15, -0.1) is 11.3 Å². The van der Waals surface area contributed by atoms with Gasteiger partial charge in [0, 0.05) is 18.3 Å². The molecule has 1 aliphatic rings. The quantitative estimate of drug-likeness (QED) is 0.506. The summed E-state index contributed by atoms with van der Waals surface area (Å²) >= 11 is 1.22. The van der Waals surface area contributed by atoms with Crippen LogP contribution in [0.5, 0.6) is 5.75 Å². The first-order valence-electron chi connectivity index (χ1n) is 10.5. The van der Waals surface area contributed by atoms with Crippen molar-refractivity contribution in [1.29, 1.82) is 0 Å². The van der Waals surface area contributed by atoms with E-state index in [-0.39, 0.29) is 11.5 Å². The van der Waals surface area contributed by atoms with Gasteiger partial charge in [-0.2, -0.15) is 0 Å². The molecule has 0 fully saturated rings. The molecule has 174 valence electrons. The van der Waals surface area contributed by atoms with Crippen molar-refractivity contribution in [2.45, 2.75) is 26.8 Å². The number of carbonyl (C=O) groups is 3. The second kappa shape index (κ2) is 9.11. The molecule has 0 aliphatic carbocycles. The molecule has 34 heavy (non-hydrogen) atoms. The summed E-state index contributed by atoms with van der Waals surface area (Å²) in [6.07, 6.45) is 0. The number of aliphatic hydroxyl groups excluding tert-OH is 1. The number of nitrogens with zero attached hydrogens (tertiary/aromatic N) is 2. The lowest BCUT2D eigenvalue weighted by Crippen LogP contribution is -2.31. The first-order valence-corrected chi connectivity index (χ1v) is 11.3. The van der Waals surface area contributed by atoms with Crippen LogP contribution in [0.1, 0.15) is 38.9 Å². The molecule has 2 heterocycles. The molecule has 2 amide bonds. The molecule has 1 unspecified atom stereocenters. The summed E-state index contributed by atoms with van der Waals surface area (Å²) in [5, 5.41) is 14.3. The molecule has 9 heteroatoms. The lowest BCUT2D eigenvalue weighted by molar-refractivity contribution is -0.117. The van der Waals surface area contributed by atoms with Crippen LogP contribution in [0.2, 0.25) is 0 Å². The molecule has 8 nitrogen and oxygen atoms in total. The number of nitrogens with one attached hydrogen (secondary N) is 1. The van der Waals surface area contributed by atoms with E-state index in [0.29, 0.717) is 38.3 Å². The minimum Gasteiger partial charge on any atom is -0.503 e. The van der Waals surface area contributed by atoms with Gasteiger partial charge >= 0.3 is 0 Å². The highest BCUT2D eigenvalue weighted by Gasteiger charge is 2.45. The maximum Gasteiger partial charge on any atom is 0.294 e. The van der Waals surface area contributed by atoms with Crippen molar-refractivity contribution in [3.63, 3.8) is 0 Å². The summed E-state index contributed by atoms with van der Waals surface area (Å²) in [6, 6.07) is 12.7. The van der Waals surface area contributed by atoms with Crippen molar-refractivity contribution < 1.29 is 24.2 Å². The summed E-state index contributed by atoms with van der Waals surface area (Å²) in [5.41, 5.74) is 2.15. The average Bonchev–Trinajstić information content (AvgIpc) is 3.29. The third-order valence-corrected chi connectivity index (χ3v) is 6.51. The molecular formula is C25H23N3O5S. The zero-order chi connectivity index (χ0) is 24.6. The Morgan fingerprint density at radius 1 is 1.15 bits per heavy atom. The molecule has 2 aromatic carbocycles. The molecule has 0 radical (unpaired) electrons. The highest BCUT2D eigenvalue weighted by molar-refractivity contribution is 7.14. The van der Waals surface area contributed by atoms with Crippen molar-refractivity contribution in [2.24, 2.45) is 0 Å². The highest BCUT2D eigenvalue weighted by Crippen LogP contribution is 2.43. The van der Waals surface area contributed by atoms with E-state index in [2.05, 4.69) is 10.3 Å². The predicted molar refractivity (Wildman–Crippen MR) is 130 cm³/mol. The van der Waals surface area contributed by atoms with Crippen molar-refractivity contribution >= 4 is 40.3 Å². The van der Waals surface area contributed by atoms with Gasteiger partial charge in [-0.25, -0.2) is 4.98 Å². The zero-order valence-corrected chi connectivity index (χ0v) is 19.9. The van der Waals surface area contributed by atoms with E-state index in [0.717, 1.165) is 0 Å². The minimum atomic E-state index is -0.886. The van der Waals surface area contributed by atoms with Crippen LogP contribution >= 0.6 is 11.3 Å². The molecule has 1 atom stereocenters. The van der Waals surface area contributed by atoms with Crippen LogP contribution in [-0.2, 0) is 9.59 Å². The van der Waals surface area contributed by atoms with Gasteiger partial charge in [0.2, 0.25) is 11.7 Å². The Kier molecular flexibility index (Phi) is 6.21. The van der Waals surface area contributed by atoms with E-state index in [9.17, 15) is 19.5 Å². The van der Waals surface area contributed by atoms with Crippen molar-refractivity contribution in [3.05, 3.63) is 81.0 Å². The van der Waals surface area contributed by atoms with E-state index in [1.54, 1.807) is 62.4 Å². The number of thiazole rings is 1. The smallest absolute Gasteiger partial charge is 0.294 e. The lowest BCUT2D eigenvalue weighted by atomic mass is 9.94. The number of ether oxygens (including phenoxy) is 1. The van der Waals surface area contributed by atoms with Crippen LogP contribution in [0.25, 0.3) is 0 Å². The predicted octanol–water partition coefficient (Wildman–Crippen LogP) is 4.51. The number of ketones is 1. The number of methoxy groups -OCH3 is 1. The second-order valence-corrected chi connectivity index (χ2v) is 9.02. The summed E-state index contributed by atoms with van der Waals surface area (Å²) in [7, 11) is 1.53. The molecule has 0 spiro atoms. The van der Waals surface area contributed by atoms with Gasteiger partial charge in [0.15, 0.2) is 5.76 Å². The Morgan fingerprint density at radius 3 is 2.44 bits per heavy atom. The molecule has 2 N–H and O–H groups in total. The molecule has 4 rings (SSSR count). The SMILES string of the molecule is COc1cccc(C2C(C(=O)c3sc(C)nc3C)=C(O)C(=O)N2c2ccc(NC(C)=O)cc2)c1. The van der Waals surface area contributed by atoms with Gasteiger partial charge in [-0.1, -0.05) is 12.1 Å². The maximum atomic E-state index is 13.6. The van der Waals surface area contributed by atoms with Crippen LogP contribution in [0.4, 0.5) is 11.4 Å². The zero-order valence-electron chi connectivity index (χ0n) is 19.1. The summed E-state index contributed by atoms with van der Waals surface area (Å²) in [6.45, 7) is 4.93. The minimum absolute atomic E-state index is 0.0176. The van der Waals surface area contributed by atoms with Crippen molar-refractivity contribution in [3.8, 4) is 5.75 Å². The molecule has 0 saturated heterocycles. The number of aromatic nitrogens is 1. The summed E-state index contributed by atoms with van der Waals surface area (Å²) in [5.74, 6) is -1.41. The number of rotatable bonds is 6. The first kappa shape index (κ1) is 23.2. The number of amides is 2. The van der Waals surface area contributed by atoms with Gasteiger partial charge in [0.25, 0.3) is 5.91 Å². The Balaban J connectivity index is 1.85. The van der Waals surface area contributed by atoms with Crippen LogP contribution in [0.15, 0.2) is 59.9 Å². The van der Waals surface area contributed by atoms with E-state index in [1.807, 2.05) is 0 Å². The summed E-state index contributed by atoms with van der Waals surface area (Å²) < 4.78 is 5.35. The molecule has 3 aromatic rings. The Labute approximate surface area is 200 Å². The maximum absolute atomic E-state index is 13.6. The highest BCUT2D eigenvalue weighted by atomic mass is 32.1. The monoisotopic (exact) mass is 477 g/mol. The van der Waals surface area contributed by atoms with Gasteiger partial charge in [0.1, 0.15) is 5.75 Å². The molecule has 0 saturated carbocycles. The van der Waals surface area contributed by atoms with Crippen LogP contribution in [0.3, 0.4) is 0 Å². The first-order chi connectivity index (χ1) is 16.2. The van der Waals surface area contributed by atoms with Crippen LogP contribution in [-0.4, -0.2) is 34.8 Å². The average molecular weight is 478 g/mol. The van der Waals surface area contributed by atoms with E-state index < -0.39 is 23.5 Å². The third kappa shape index (κ3) is 4.17. The van der Waals surface area contributed by atoms with Gasteiger partial charge in [-0.05, 0) is 55.8 Å². The number of benzene rings is 2. The second-order valence-electron chi connectivity index (χ2n) is 7.82. The Hall–Kier alpha value is -3.98. The Morgan fingerprint density at radius 2 is 1.85 bits per heavy atom. The fourth-order valence-corrected chi connectivity index (χ4v) is 4.88. The van der Waals surface area contributed by atoms with Crippen LogP contribution in [0, 0.1) is 13.8 Å². The van der Waals surface area contributed by atoms with Crippen molar-refractivity contribution in [2.75, 3.05) is 17.3 Å². The van der Waals surface area contributed by atoms with Gasteiger partial charge in [-0.3, -0.25) is 19.3 Å². The van der Waals surface area contributed by atoms with Gasteiger partial charge in [0.05, 0.1) is 34.3 Å². The number of aliphatic hydroxyl groups is 1. The van der Waals surface area contributed by atoms with Gasteiger partial charge < -0.3 is 15.2 Å². The largest absolute Gasteiger partial charge is 0.503 e. The van der Waals surface area contributed by atoms with Crippen molar-refractivity contribution in [1.82, 2.24) is 4.98 Å². The van der Waals surface area contributed by atoms with Crippen LogP contribution < -0.4 is 15.0 Å². The number of Topliss-reactive ketones (excluding diaryl/α,β-unsaturated/α-hetero) is 1.